The van der Waals surface area contributed by atoms with Crippen LogP contribution in [0.5, 0.6) is 0 Å². The van der Waals surface area contributed by atoms with Crippen molar-refractivity contribution in [3.8, 4) is 0 Å². The van der Waals surface area contributed by atoms with E-state index < -0.39 is 5.97 Å². The number of hydrogen-bond acceptors (Lipinski definition) is 1. The average Bonchev–Trinajstić information content (AvgIpc) is 2.57. The molecule has 4 heteroatoms. The standard InChI is InChI=1S/C11H10BrNO2/c1-2-8-9(11(14)15)6-4-3-5-7(12)10(6)13-8/h3-5,13H,2H2,1H3,(H,14,15). The summed E-state index contributed by atoms with van der Waals surface area (Å²) in [5.74, 6) is -0.879. The first kappa shape index (κ1) is 10.2. The third-order valence-electron chi connectivity index (χ3n) is 2.43. The monoisotopic (exact) mass is 267 g/mol. The molecular formula is C11H10BrNO2. The average molecular weight is 268 g/mol. The zero-order chi connectivity index (χ0) is 11.0. The summed E-state index contributed by atoms with van der Waals surface area (Å²) >= 11 is 3.40. The SMILES string of the molecule is CCc1[nH]c2c(Br)cccc2c1C(=O)O. The highest BCUT2D eigenvalue weighted by atomic mass is 79.9. The molecule has 0 atom stereocenters. The molecule has 0 radical (unpaired) electrons. The zero-order valence-electron chi connectivity index (χ0n) is 8.17. The van der Waals surface area contributed by atoms with E-state index in [0.29, 0.717) is 12.0 Å². The number of aromatic carboxylic acids is 1. The van der Waals surface area contributed by atoms with Gasteiger partial charge >= 0.3 is 5.97 Å². The first-order valence-electron chi connectivity index (χ1n) is 4.67. The number of hydrogen-bond donors (Lipinski definition) is 2. The van der Waals surface area contributed by atoms with Gasteiger partial charge < -0.3 is 10.1 Å². The molecule has 0 aliphatic carbocycles. The van der Waals surface area contributed by atoms with Crippen molar-refractivity contribution in [3.63, 3.8) is 0 Å². The molecule has 2 N–H and O–H groups in total. The van der Waals surface area contributed by atoms with E-state index in [9.17, 15) is 4.79 Å². The summed E-state index contributed by atoms with van der Waals surface area (Å²) in [5.41, 5.74) is 2.00. The smallest absolute Gasteiger partial charge is 0.338 e. The van der Waals surface area contributed by atoms with Crippen LogP contribution in [0.15, 0.2) is 22.7 Å². The van der Waals surface area contributed by atoms with Crippen LogP contribution >= 0.6 is 15.9 Å². The molecule has 0 unspecified atom stereocenters. The maximum atomic E-state index is 11.1. The second-order valence-corrected chi connectivity index (χ2v) is 4.15. The van der Waals surface area contributed by atoms with Crippen molar-refractivity contribution in [2.45, 2.75) is 13.3 Å². The van der Waals surface area contributed by atoms with Gasteiger partial charge in [0.2, 0.25) is 0 Å². The molecule has 0 aliphatic heterocycles. The number of benzene rings is 1. The van der Waals surface area contributed by atoms with Gasteiger partial charge in [-0.1, -0.05) is 19.1 Å². The molecule has 0 aliphatic rings. The Morgan fingerprint density at radius 3 is 2.87 bits per heavy atom. The Morgan fingerprint density at radius 1 is 1.53 bits per heavy atom. The van der Waals surface area contributed by atoms with Crippen LogP contribution in [0.2, 0.25) is 0 Å². The lowest BCUT2D eigenvalue weighted by molar-refractivity contribution is 0.0698. The summed E-state index contributed by atoms with van der Waals surface area (Å²) in [6, 6.07) is 5.55. The Kier molecular flexibility index (Phi) is 2.52. The maximum Gasteiger partial charge on any atom is 0.338 e. The Morgan fingerprint density at radius 2 is 2.27 bits per heavy atom. The summed E-state index contributed by atoms with van der Waals surface area (Å²) in [7, 11) is 0. The molecule has 3 nitrogen and oxygen atoms in total. The number of carboxylic acids is 1. The van der Waals surface area contributed by atoms with Crippen molar-refractivity contribution in [1.29, 1.82) is 0 Å². The number of aryl methyl sites for hydroxylation is 1. The van der Waals surface area contributed by atoms with Gasteiger partial charge in [0.05, 0.1) is 11.1 Å². The zero-order valence-corrected chi connectivity index (χ0v) is 9.76. The summed E-state index contributed by atoms with van der Waals surface area (Å²) in [4.78, 5) is 14.3. The lowest BCUT2D eigenvalue weighted by Crippen LogP contribution is -1.99. The van der Waals surface area contributed by atoms with Crippen LogP contribution in [0.3, 0.4) is 0 Å². The number of aromatic nitrogens is 1. The summed E-state index contributed by atoms with van der Waals surface area (Å²) in [5, 5.41) is 9.90. The molecule has 0 fully saturated rings. The lowest BCUT2D eigenvalue weighted by Gasteiger charge is -1.95. The number of aromatic amines is 1. The first-order chi connectivity index (χ1) is 7.15. The highest BCUT2D eigenvalue weighted by Crippen LogP contribution is 2.28. The number of halogens is 1. The van der Waals surface area contributed by atoms with Gasteiger partial charge in [-0.25, -0.2) is 4.79 Å². The van der Waals surface area contributed by atoms with Crippen LogP contribution in [-0.4, -0.2) is 16.1 Å². The van der Waals surface area contributed by atoms with Gasteiger partial charge in [0.15, 0.2) is 0 Å². The van der Waals surface area contributed by atoms with Gasteiger partial charge in [-0.3, -0.25) is 0 Å². The molecule has 2 rings (SSSR count). The fourth-order valence-corrected chi connectivity index (χ4v) is 2.21. The Bertz CT molecular complexity index is 531. The number of H-pyrrole nitrogens is 1. The van der Waals surface area contributed by atoms with Crippen molar-refractivity contribution in [2.75, 3.05) is 0 Å². The van der Waals surface area contributed by atoms with E-state index in [2.05, 4.69) is 20.9 Å². The number of rotatable bonds is 2. The van der Waals surface area contributed by atoms with Gasteiger partial charge in [-0.15, -0.1) is 0 Å². The predicted octanol–water partition coefficient (Wildman–Crippen LogP) is 3.19. The number of carbonyl (C=O) groups is 1. The second kappa shape index (κ2) is 3.70. The van der Waals surface area contributed by atoms with Crippen molar-refractivity contribution in [3.05, 3.63) is 33.9 Å². The first-order valence-corrected chi connectivity index (χ1v) is 5.46. The van der Waals surface area contributed by atoms with Crippen LogP contribution in [0, 0.1) is 0 Å². The van der Waals surface area contributed by atoms with E-state index in [1.807, 2.05) is 25.1 Å². The normalized spacial score (nSPS) is 10.8. The highest BCUT2D eigenvalue weighted by Gasteiger charge is 2.17. The predicted molar refractivity (Wildman–Crippen MR) is 62.3 cm³/mol. The molecular weight excluding hydrogens is 258 g/mol. The van der Waals surface area contributed by atoms with Crippen molar-refractivity contribution in [2.24, 2.45) is 0 Å². The molecule has 15 heavy (non-hydrogen) atoms. The Hall–Kier alpha value is -1.29. The molecule has 0 spiro atoms. The largest absolute Gasteiger partial charge is 0.478 e. The van der Waals surface area contributed by atoms with E-state index in [0.717, 1.165) is 21.1 Å². The van der Waals surface area contributed by atoms with E-state index in [1.165, 1.54) is 0 Å². The fourth-order valence-electron chi connectivity index (χ4n) is 1.74. The van der Waals surface area contributed by atoms with Crippen molar-refractivity contribution in [1.82, 2.24) is 4.98 Å². The van der Waals surface area contributed by atoms with Gasteiger partial charge in [0.1, 0.15) is 0 Å². The lowest BCUT2D eigenvalue weighted by atomic mass is 10.1. The third kappa shape index (κ3) is 1.55. The van der Waals surface area contributed by atoms with E-state index in [-0.39, 0.29) is 0 Å². The molecule has 1 heterocycles. The van der Waals surface area contributed by atoms with Crippen LogP contribution < -0.4 is 0 Å². The van der Waals surface area contributed by atoms with Crippen molar-refractivity contribution >= 4 is 32.8 Å². The second-order valence-electron chi connectivity index (χ2n) is 3.30. The maximum absolute atomic E-state index is 11.1. The minimum absolute atomic E-state index is 0.383. The molecule has 0 saturated heterocycles. The van der Waals surface area contributed by atoms with E-state index in [1.54, 1.807) is 0 Å². The quantitative estimate of drug-likeness (QED) is 0.878. The molecule has 0 saturated carbocycles. The molecule has 0 amide bonds. The van der Waals surface area contributed by atoms with Gasteiger partial charge in [0.25, 0.3) is 0 Å². The Labute approximate surface area is 95.2 Å². The number of fused-ring (bicyclic) bond motifs is 1. The molecule has 0 bridgehead atoms. The molecule has 78 valence electrons. The Balaban J connectivity index is 2.86. The number of para-hydroxylation sites is 1. The topological polar surface area (TPSA) is 53.1 Å². The molecule has 2 aromatic rings. The van der Waals surface area contributed by atoms with Crippen LogP contribution in [-0.2, 0) is 6.42 Å². The fraction of sp³-hybridized carbons (Fsp3) is 0.182. The molecule has 1 aromatic carbocycles. The summed E-state index contributed by atoms with van der Waals surface area (Å²) < 4.78 is 0.891. The minimum Gasteiger partial charge on any atom is -0.478 e. The number of carboxylic acid groups (broad SMARTS) is 1. The number of nitrogens with one attached hydrogen (secondary N) is 1. The minimum atomic E-state index is -0.879. The van der Waals surface area contributed by atoms with Crippen molar-refractivity contribution < 1.29 is 9.90 Å². The van der Waals surface area contributed by atoms with Gasteiger partial charge in [-0.2, -0.15) is 0 Å². The third-order valence-corrected chi connectivity index (χ3v) is 3.09. The van der Waals surface area contributed by atoms with Crippen LogP contribution in [0.4, 0.5) is 0 Å². The van der Waals surface area contributed by atoms with E-state index in [4.69, 9.17) is 5.11 Å². The van der Waals surface area contributed by atoms with E-state index >= 15 is 0 Å². The highest BCUT2D eigenvalue weighted by molar-refractivity contribution is 9.10. The molecule has 1 aromatic heterocycles. The van der Waals surface area contributed by atoms with Gasteiger partial charge in [0, 0.05) is 15.6 Å². The van der Waals surface area contributed by atoms with Crippen LogP contribution in [0.25, 0.3) is 10.9 Å². The van der Waals surface area contributed by atoms with Gasteiger partial charge in [-0.05, 0) is 28.4 Å². The summed E-state index contributed by atoms with van der Waals surface area (Å²) in [6.07, 6.45) is 0.683. The van der Waals surface area contributed by atoms with Crippen LogP contribution in [0.1, 0.15) is 23.0 Å². The summed E-state index contributed by atoms with van der Waals surface area (Å²) in [6.45, 7) is 1.94.